The van der Waals surface area contributed by atoms with Crippen LogP contribution in [0.4, 0.5) is 17.6 Å². The maximum atomic E-state index is 13.4. The quantitative estimate of drug-likeness (QED) is 0.568. The molecule has 1 aliphatic carbocycles. The van der Waals surface area contributed by atoms with E-state index in [-0.39, 0.29) is 40.8 Å². The van der Waals surface area contributed by atoms with Crippen molar-refractivity contribution in [3.63, 3.8) is 0 Å². The Labute approximate surface area is 192 Å². The number of carbonyl (C=O) groups excluding carboxylic acids is 2. The average Bonchev–Trinajstić information content (AvgIpc) is 2.78. The van der Waals surface area contributed by atoms with Gasteiger partial charge in [0.15, 0.2) is 6.61 Å². The van der Waals surface area contributed by atoms with Gasteiger partial charge in [0.1, 0.15) is 17.3 Å². The molecule has 0 unspecified atom stereocenters. The number of benzene rings is 1. The minimum absolute atomic E-state index is 0.0317. The minimum Gasteiger partial charge on any atom is -0.484 e. The Morgan fingerprint density at radius 2 is 1.85 bits per heavy atom. The van der Waals surface area contributed by atoms with Crippen LogP contribution in [0.1, 0.15) is 41.7 Å². The van der Waals surface area contributed by atoms with Gasteiger partial charge < -0.3 is 15.4 Å². The van der Waals surface area contributed by atoms with Gasteiger partial charge in [-0.3, -0.25) is 14.6 Å². The van der Waals surface area contributed by atoms with Crippen LogP contribution in [0, 0.1) is 11.7 Å². The molecule has 1 aromatic heterocycles. The number of nitrogens with zero attached hydrogens (tertiary/aromatic N) is 1. The average molecular weight is 488 g/mol. The first-order chi connectivity index (χ1) is 15.6. The SMILES string of the molecule is O=C(COc1ccc(Cl)c(F)c1)NC1CCC(CNC(=O)c2ccc(C(F)(F)F)nc2)CC1. The maximum Gasteiger partial charge on any atom is 0.433 e. The molecule has 0 aliphatic heterocycles. The summed E-state index contributed by atoms with van der Waals surface area (Å²) in [7, 11) is 0. The lowest BCUT2D eigenvalue weighted by Gasteiger charge is -2.29. The largest absolute Gasteiger partial charge is 0.484 e. The third kappa shape index (κ3) is 7.31. The van der Waals surface area contributed by atoms with Crippen molar-refractivity contribution in [2.75, 3.05) is 13.2 Å². The van der Waals surface area contributed by atoms with Crippen LogP contribution >= 0.6 is 11.6 Å². The van der Waals surface area contributed by atoms with Gasteiger partial charge in [-0.15, -0.1) is 0 Å². The first kappa shape index (κ1) is 24.8. The van der Waals surface area contributed by atoms with Gasteiger partial charge >= 0.3 is 6.18 Å². The molecule has 33 heavy (non-hydrogen) atoms. The van der Waals surface area contributed by atoms with E-state index in [2.05, 4.69) is 15.6 Å². The summed E-state index contributed by atoms with van der Waals surface area (Å²) in [6.07, 6.45) is -0.694. The molecule has 0 saturated heterocycles. The lowest BCUT2D eigenvalue weighted by molar-refractivity contribution is -0.141. The second-order valence-corrected chi connectivity index (χ2v) is 8.20. The summed E-state index contributed by atoms with van der Waals surface area (Å²) in [5, 5.41) is 5.56. The van der Waals surface area contributed by atoms with E-state index < -0.39 is 23.6 Å². The predicted octanol–water partition coefficient (Wildman–Crippen LogP) is 4.38. The van der Waals surface area contributed by atoms with Gasteiger partial charge in [0.05, 0.1) is 10.6 Å². The van der Waals surface area contributed by atoms with Crippen LogP contribution in [0.15, 0.2) is 36.5 Å². The fourth-order valence-corrected chi connectivity index (χ4v) is 3.65. The van der Waals surface area contributed by atoms with Crippen molar-refractivity contribution in [1.82, 2.24) is 15.6 Å². The highest BCUT2D eigenvalue weighted by molar-refractivity contribution is 6.30. The van der Waals surface area contributed by atoms with E-state index in [1.54, 1.807) is 0 Å². The number of nitrogens with one attached hydrogen (secondary N) is 2. The molecule has 2 N–H and O–H groups in total. The van der Waals surface area contributed by atoms with Crippen molar-refractivity contribution >= 4 is 23.4 Å². The van der Waals surface area contributed by atoms with Crippen LogP contribution in [0.25, 0.3) is 0 Å². The van der Waals surface area contributed by atoms with Crippen LogP contribution in [-0.2, 0) is 11.0 Å². The molecular weight excluding hydrogens is 466 g/mol. The number of carbonyl (C=O) groups is 2. The second-order valence-electron chi connectivity index (χ2n) is 7.79. The van der Waals surface area contributed by atoms with E-state index >= 15 is 0 Å². The molecule has 1 aromatic carbocycles. The molecule has 0 spiro atoms. The van der Waals surface area contributed by atoms with Gasteiger partial charge in [-0.2, -0.15) is 13.2 Å². The molecule has 6 nitrogen and oxygen atoms in total. The molecular formula is C22H22ClF4N3O3. The van der Waals surface area contributed by atoms with Crippen LogP contribution in [0.2, 0.25) is 5.02 Å². The minimum atomic E-state index is -4.55. The summed E-state index contributed by atoms with van der Waals surface area (Å²) >= 11 is 5.60. The van der Waals surface area contributed by atoms with Gasteiger partial charge in [-0.05, 0) is 55.9 Å². The number of rotatable bonds is 7. The zero-order valence-electron chi connectivity index (χ0n) is 17.4. The van der Waals surface area contributed by atoms with Crippen LogP contribution in [-0.4, -0.2) is 36.0 Å². The molecule has 3 rings (SSSR count). The number of halogens is 5. The summed E-state index contributed by atoms with van der Waals surface area (Å²) in [6.45, 7) is 0.129. The Kier molecular flexibility index (Phi) is 8.12. The number of amides is 2. The smallest absolute Gasteiger partial charge is 0.433 e. The van der Waals surface area contributed by atoms with Crippen molar-refractivity contribution in [3.8, 4) is 5.75 Å². The summed E-state index contributed by atoms with van der Waals surface area (Å²) in [5.41, 5.74) is -0.991. The summed E-state index contributed by atoms with van der Waals surface area (Å²) in [5.74, 6) is -1.04. The van der Waals surface area contributed by atoms with Gasteiger partial charge in [-0.25, -0.2) is 4.39 Å². The zero-order valence-corrected chi connectivity index (χ0v) is 18.2. The summed E-state index contributed by atoms with van der Waals surface area (Å²) < 4.78 is 56.3. The van der Waals surface area contributed by atoms with Gasteiger partial charge in [0, 0.05) is 24.8 Å². The number of pyridine rings is 1. The fraction of sp³-hybridized carbons (Fsp3) is 0.409. The van der Waals surface area contributed by atoms with Gasteiger partial charge in [0.25, 0.3) is 11.8 Å². The highest BCUT2D eigenvalue weighted by atomic mass is 35.5. The fourth-order valence-electron chi connectivity index (χ4n) is 3.53. The Morgan fingerprint density at radius 3 is 2.45 bits per heavy atom. The van der Waals surface area contributed by atoms with E-state index in [4.69, 9.17) is 16.3 Å². The van der Waals surface area contributed by atoms with Crippen LogP contribution in [0.5, 0.6) is 5.75 Å². The van der Waals surface area contributed by atoms with Crippen molar-refractivity contribution in [1.29, 1.82) is 0 Å². The standard InChI is InChI=1S/C22H22ClF4N3O3/c23-17-7-6-16(9-18(17)24)33-12-20(31)30-15-4-1-13(2-5-15)10-29-21(32)14-3-8-19(28-11-14)22(25,26)27/h3,6-9,11,13,15H,1-2,4-5,10,12H2,(H,29,32)(H,30,31). The van der Waals surface area contributed by atoms with Crippen molar-refractivity contribution in [2.45, 2.75) is 37.9 Å². The van der Waals surface area contributed by atoms with Crippen LogP contribution in [0.3, 0.4) is 0 Å². The highest BCUT2D eigenvalue weighted by Gasteiger charge is 2.32. The molecule has 0 bridgehead atoms. The molecule has 1 fully saturated rings. The van der Waals surface area contributed by atoms with Gasteiger partial charge in [0.2, 0.25) is 0 Å². The van der Waals surface area contributed by atoms with E-state index in [9.17, 15) is 27.2 Å². The Hall–Kier alpha value is -2.88. The third-order valence-corrected chi connectivity index (χ3v) is 5.65. The number of hydrogen-bond acceptors (Lipinski definition) is 4. The molecule has 1 heterocycles. The number of ether oxygens (including phenoxy) is 1. The summed E-state index contributed by atoms with van der Waals surface area (Å²) in [4.78, 5) is 27.5. The normalized spacial score (nSPS) is 18.5. The topological polar surface area (TPSA) is 80.3 Å². The van der Waals surface area contributed by atoms with E-state index in [0.29, 0.717) is 19.4 Å². The Balaban J connectivity index is 1.36. The zero-order chi connectivity index (χ0) is 24.0. The third-order valence-electron chi connectivity index (χ3n) is 5.34. The monoisotopic (exact) mass is 487 g/mol. The molecule has 0 radical (unpaired) electrons. The van der Waals surface area contributed by atoms with Crippen molar-refractivity contribution in [2.24, 2.45) is 5.92 Å². The number of hydrogen-bond donors (Lipinski definition) is 2. The predicted molar refractivity (Wildman–Crippen MR) is 112 cm³/mol. The van der Waals surface area contributed by atoms with Crippen molar-refractivity contribution < 1.29 is 31.9 Å². The van der Waals surface area contributed by atoms with Crippen LogP contribution < -0.4 is 15.4 Å². The Morgan fingerprint density at radius 1 is 1.12 bits per heavy atom. The van der Waals surface area contributed by atoms with Crippen molar-refractivity contribution in [3.05, 3.63) is 58.6 Å². The van der Waals surface area contributed by atoms with E-state index in [0.717, 1.165) is 37.2 Å². The highest BCUT2D eigenvalue weighted by Crippen LogP contribution is 2.27. The lowest BCUT2D eigenvalue weighted by Crippen LogP contribution is -2.41. The number of aromatic nitrogens is 1. The van der Waals surface area contributed by atoms with Gasteiger partial charge in [-0.1, -0.05) is 11.6 Å². The first-order valence-corrected chi connectivity index (χ1v) is 10.7. The van der Waals surface area contributed by atoms with E-state index in [1.807, 2.05) is 0 Å². The molecule has 1 aliphatic rings. The maximum absolute atomic E-state index is 13.4. The molecule has 0 atom stereocenters. The summed E-state index contributed by atoms with van der Waals surface area (Å²) in [6, 6.07) is 5.76. The molecule has 2 aromatic rings. The Bertz CT molecular complexity index is 978. The second kappa shape index (κ2) is 10.8. The molecule has 11 heteroatoms. The molecule has 2 amide bonds. The molecule has 1 saturated carbocycles. The van der Waals surface area contributed by atoms with E-state index in [1.165, 1.54) is 12.1 Å². The first-order valence-electron chi connectivity index (χ1n) is 10.3. The lowest BCUT2D eigenvalue weighted by atomic mass is 9.86. The number of alkyl halides is 3. The molecule has 178 valence electrons.